The van der Waals surface area contributed by atoms with Gasteiger partial charge in [0.2, 0.25) is 0 Å². The van der Waals surface area contributed by atoms with Crippen molar-refractivity contribution in [1.82, 2.24) is 15.6 Å². The van der Waals surface area contributed by atoms with Crippen molar-refractivity contribution in [3.63, 3.8) is 0 Å². The Kier molecular flexibility index (Phi) is 6.95. The zero-order valence-electron chi connectivity index (χ0n) is 17.1. The summed E-state index contributed by atoms with van der Waals surface area (Å²) in [5.41, 5.74) is 2.34. The van der Waals surface area contributed by atoms with Crippen LogP contribution in [-0.2, 0) is 6.54 Å². The maximum absolute atomic E-state index is 12.1. The Labute approximate surface area is 179 Å². The molecular weight excluding hydrogens is 396 g/mol. The molecule has 0 aliphatic rings. The Morgan fingerprint density at radius 3 is 2.29 bits per heavy atom. The van der Waals surface area contributed by atoms with E-state index in [0.717, 1.165) is 5.56 Å². The lowest BCUT2D eigenvalue weighted by molar-refractivity contribution is 0.0956. The maximum atomic E-state index is 12.1. The lowest BCUT2D eigenvalue weighted by Crippen LogP contribution is -2.28. The lowest BCUT2D eigenvalue weighted by atomic mass is 10.1. The molecule has 0 radical (unpaired) electrons. The average molecular weight is 418 g/mol. The van der Waals surface area contributed by atoms with Crippen molar-refractivity contribution in [2.45, 2.75) is 13.5 Å². The topological polar surface area (TPSA) is 109 Å². The van der Waals surface area contributed by atoms with E-state index < -0.39 is 0 Å². The van der Waals surface area contributed by atoms with Crippen LogP contribution in [0.2, 0.25) is 0 Å². The van der Waals surface area contributed by atoms with Crippen LogP contribution < -0.4 is 20.7 Å². The molecule has 3 rings (SSSR count). The van der Waals surface area contributed by atoms with E-state index in [2.05, 4.69) is 20.9 Å². The van der Waals surface area contributed by atoms with Crippen LogP contribution >= 0.6 is 0 Å². The van der Waals surface area contributed by atoms with Crippen molar-refractivity contribution >= 4 is 23.4 Å². The highest BCUT2D eigenvalue weighted by Gasteiger charge is 2.07. The molecule has 2 aromatic carbocycles. The maximum Gasteiger partial charge on any atom is 0.319 e. The first kappa shape index (κ1) is 21.5. The summed E-state index contributed by atoms with van der Waals surface area (Å²) in [5, 5.41) is 8.00. The van der Waals surface area contributed by atoms with Crippen molar-refractivity contribution in [1.29, 1.82) is 0 Å². The van der Waals surface area contributed by atoms with E-state index in [1.165, 1.54) is 20.2 Å². The van der Waals surface area contributed by atoms with E-state index in [4.69, 9.17) is 4.74 Å². The van der Waals surface area contributed by atoms with Gasteiger partial charge in [-0.05, 0) is 55.0 Å². The molecule has 0 aliphatic heterocycles. The Balaban J connectivity index is 1.52. The van der Waals surface area contributed by atoms with Crippen LogP contribution in [0, 0.1) is 0 Å². The average Bonchev–Trinajstić information content (AvgIpc) is 2.78. The number of rotatable bonds is 7. The number of anilines is 1. The summed E-state index contributed by atoms with van der Waals surface area (Å²) in [6.45, 7) is 1.82. The third-order valence-corrected chi connectivity index (χ3v) is 4.35. The zero-order chi connectivity index (χ0) is 22.2. The fraction of sp³-hybridized carbons (Fsp3) is 0.130. The van der Waals surface area contributed by atoms with Crippen LogP contribution in [0.1, 0.15) is 33.3 Å². The fourth-order valence-electron chi connectivity index (χ4n) is 2.68. The Morgan fingerprint density at radius 1 is 0.935 bits per heavy atom. The van der Waals surface area contributed by atoms with Crippen LogP contribution in [-0.4, -0.2) is 29.8 Å². The second-order valence-corrected chi connectivity index (χ2v) is 6.64. The van der Waals surface area contributed by atoms with Crippen molar-refractivity contribution in [2.24, 2.45) is 0 Å². The summed E-state index contributed by atoms with van der Waals surface area (Å²) in [5.74, 6) is 0.765. The van der Waals surface area contributed by atoms with Gasteiger partial charge in [0.05, 0.1) is 0 Å². The van der Waals surface area contributed by atoms with Crippen molar-refractivity contribution in [2.75, 3.05) is 12.4 Å². The highest BCUT2D eigenvalue weighted by Crippen LogP contribution is 2.22. The van der Waals surface area contributed by atoms with Crippen LogP contribution in [0.4, 0.5) is 10.5 Å². The molecule has 3 amide bonds. The normalized spacial score (nSPS) is 10.1. The molecule has 8 heteroatoms. The van der Waals surface area contributed by atoms with E-state index in [1.807, 2.05) is 12.1 Å². The van der Waals surface area contributed by atoms with Gasteiger partial charge in [0.25, 0.3) is 5.91 Å². The number of hydrogen-bond donors (Lipinski definition) is 3. The van der Waals surface area contributed by atoms with Crippen LogP contribution in [0.25, 0.3) is 0 Å². The summed E-state index contributed by atoms with van der Waals surface area (Å²) in [6, 6.07) is 16.8. The molecule has 0 atom stereocenters. The molecule has 3 aromatic rings. The highest BCUT2D eigenvalue weighted by molar-refractivity contribution is 5.95. The molecular formula is C23H22N4O4. The minimum absolute atomic E-state index is 0.0285. The third-order valence-electron chi connectivity index (χ3n) is 4.35. The molecule has 1 aromatic heterocycles. The second kappa shape index (κ2) is 10.0. The third kappa shape index (κ3) is 6.14. The van der Waals surface area contributed by atoms with Gasteiger partial charge >= 0.3 is 6.03 Å². The smallest absolute Gasteiger partial charge is 0.319 e. The zero-order valence-corrected chi connectivity index (χ0v) is 17.1. The van der Waals surface area contributed by atoms with Crippen molar-refractivity contribution in [3.8, 4) is 11.5 Å². The Morgan fingerprint density at radius 2 is 1.65 bits per heavy atom. The van der Waals surface area contributed by atoms with Crippen molar-refractivity contribution in [3.05, 3.63) is 83.7 Å². The van der Waals surface area contributed by atoms with Gasteiger partial charge in [0, 0.05) is 37.1 Å². The van der Waals surface area contributed by atoms with E-state index in [0.29, 0.717) is 29.3 Å². The molecule has 8 nitrogen and oxygen atoms in total. The van der Waals surface area contributed by atoms with Gasteiger partial charge in [-0.2, -0.15) is 0 Å². The van der Waals surface area contributed by atoms with Crippen LogP contribution in [0.5, 0.6) is 11.5 Å². The molecule has 0 fully saturated rings. The molecule has 0 spiro atoms. The van der Waals surface area contributed by atoms with E-state index in [-0.39, 0.29) is 23.4 Å². The second-order valence-electron chi connectivity index (χ2n) is 6.64. The molecule has 1 heterocycles. The van der Waals surface area contributed by atoms with Gasteiger partial charge in [-0.25, -0.2) is 4.79 Å². The SMILES string of the molecule is CNC(=O)c1cc(Oc2ccc(CNC(=O)Nc3ccc(C(C)=O)cc3)cc2)ccn1. The minimum Gasteiger partial charge on any atom is -0.457 e. The fourth-order valence-corrected chi connectivity index (χ4v) is 2.68. The number of hydrogen-bond acceptors (Lipinski definition) is 5. The first-order valence-electron chi connectivity index (χ1n) is 9.55. The highest BCUT2D eigenvalue weighted by atomic mass is 16.5. The number of ketones is 1. The summed E-state index contributed by atoms with van der Waals surface area (Å²) in [7, 11) is 1.54. The van der Waals surface area contributed by atoms with E-state index in [1.54, 1.807) is 48.5 Å². The molecule has 0 bridgehead atoms. The van der Waals surface area contributed by atoms with E-state index >= 15 is 0 Å². The minimum atomic E-state index is -0.352. The van der Waals surface area contributed by atoms with Gasteiger partial charge in [-0.15, -0.1) is 0 Å². The summed E-state index contributed by atoms with van der Waals surface area (Å²) < 4.78 is 5.76. The number of urea groups is 1. The lowest BCUT2D eigenvalue weighted by Gasteiger charge is -2.10. The number of carbonyl (C=O) groups excluding carboxylic acids is 3. The van der Waals surface area contributed by atoms with Gasteiger partial charge in [0.15, 0.2) is 5.78 Å². The number of nitrogens with zero attached hydrogens (tertiary/aromatic N) is 1. The van der Waals surface area contributed by atoms with Gasteiger partial charge < -0.3 is 20.7 Å². The molecule has 0 unspecified atom stereocenters. The monoisotopic (exact) mass is 418 g/mol. The van der Waals surface area contributed by atoms with Gasteiger partial charge in [-0.3, -0.25) is 14.6 Å². The number of benzene rings is 2. The van der Waals surface area contributed by atoms with Gasteiger partial charge in [0.1, 0.15) is 17.2 Å². The summed E-state index contributed by atoms with van der Waals surface area (Å²) in [6.07, 6.45) is 1.50. The summed E-state index contributed by atoms with van der Waals surface area (Å²) in [4.78, 5) is 39.0. The van der Waals surface area contributed by atoms with E-state index in [9.17, 15) is 14.4 Å². The number of ether oxygens (including phenoxy) is 1. The number of amides is 3. The van der Waals surface area contributed by atoms with Gasteiger partial charge in [-0.1, -0.05) is 12.1 Å². The number of aromatic nitrogens is 1. The molecule has 31 heavy (non-hydrogen) atoms. The number of nitrogens with one attached hydrogen (secondary N) is 3. The van der Waals surface area contributed by atoms with Crippen molar-refractivity contribution < 1.29 is 19.1 Å². The first-order valence-corrected chi connectivity index (χ1v) is 9.55. The largest absolute Gasteiger partial charge is 0.457 e. The predicted octanol–water partition coefficient (Wildman–Crippen LogP) is 3.76. The molecule has 3 N–H and O–H groups in total. The number of pyridine rings is 1. The Bertz CT molecular complexity index is 1080. The molecule has 0 aliphatic carbocycles. The molecule has 0 saturated heterocycles. The molecule has 158 valence electrons. The standard InChI is InChI=1S/C23H22N4O4/c1-15(28)17-5-7-18(8-6-17)27-23(30)26-14-16-3-9-19(10-4-16)31-20-11-12-25-21(13-20)22(29)24-2/h3-13H,14H2,1-2H3,(H,24,29)(H2,26,27,30). The van der Waals surface area contributed by atoms with Crippen LogP contribution in [0.15, 0.2) is 66.9 Å². The molecule has 0 saturated carbocycles. The number of Topliss-reactive ketones (excluding diaryl/α,β-unsaturated/α-hetero) is 1. The predicted molar refractivity (Wildman–Crippen MR) is 116 cm³/mol. The number of carbonyl (C=O) groups is 3. The quantitative estimate of drug-likeness (QED) is 0.506. The van der Waals surface area contributed by atoms with Crippen LogP contribution in [0.3, 0.4) is 0 Å². The summed E-state index contributed by atoms with van der Waals surface area (Å²) >= 11 is 0. The Hall–Kier alpha value is -4.20. The first-order chi connectivity index (χ1) is 14.9.